The fraction of sp³-hybridized carbons (Fsp3) is 0.353. The van der Waals surface area contributed by atoms with E-state index in [1.807, 2.05) is 6.92 Å². The highest BCUT2D eigenvalue weighted by Gasteiger charge is 2.31. The number of hydrogen-bond acceptors (Lipinski definition) is 4. The van der Waals surface area contributed by atoms with Gasteiger partial charge >= 0.3 is 0 Å². The number of nitrogens with one attached hydrogen (secondary N) is 1. The molecule has 1 aromatic carbocycles. The largest absolute Gasteiger partial charge is 0.328 e. The lowest BCUT2D eigenvalue weighted by molar-refractivity contribution is -0.114. The molecule has 3 rings (SSSR count). The molecule has 0 spiro atoms. The van der Waals surface area contributed by atoms with Crippen LogP contribution in [0.4, 0.5) is 5.95 Å². The number of Topliss-reactive ketones (excluding diaryl/α,β-unsaturated/α-hetero) is 1. The fourth-order valence-electron chi connectivity index (χ4n) is 2.92. The number of ketones is 1. The number of aromatic nitrogens is 3. The first-order valence-corrected chi connectivity index (χ1v) is 7.47. The second kappa shape index (κ2) is 5.40. The third-order valence-electron chi connectivity index (χ3n) is 4.09. The molecule has 0 saturated heterocycles. The molecule has 114 valence electrons. The molecule has 1 N–H and O–H groups in total. The van der Waals surface area contributed by atoms with Crippen LogP contribution in [-0.4, -0.2) is 20.5 Å². The SMILES string of the molecule is CC(=O)C1=C(C)Nc2ncnn2[C@@H]1c1ccc(C(C)C)cc1. The van der Waals surface area contributed by atoms with E-state index >= 15 is 0 Å². The molecule has 2 heterocycles. The van der Waals surface area contributed by atoms with Crippen LogP contribution >= 0.6 is 0 Å². The van der Waals surface area contributed by atoms with Crippen molar-refractivity contribution in [3.05, 3.63) is 53.0 Å². The molecule has 0 aliphatic carbocycles. The molecule has 1 atom stereocenters. The lowest BCUT2D eigenvalue weighted by atomic mass is 9.91. The van der Waals surface area contributed by atoms with Crippen molar-refractivity contribution in [2.45, 2.75) is 39.7 Å². The summed E-state index contributed by atoms with van der Waals surface area (Å²) in [7, 11) is 0. The van der Waals surface area contributed by atoms with Gasteiger partial charge in [0.1, 0.15) is 12.4 Å². The molecule has 0 saturated carbocycles. The van der Waals surface area contributed by atoms with Gasteiger partial charge in [-0.05, 0) is 30.9 Å². The van der Waals surface area contributed by atoms with E-state index < -0.39 is 0 Å². The van der Waals surface area contributed by atoms with Crippen LogP contribution in [0.3, 0.4) is 0 Å². The van der Waals surface area contributed by atoms with Gasteiger partial charge in [0.2, 0.25) is 5.95 Å². The Kier molecular flexibility index (Phi) is 3.56. The number of carbonyl (C=O) groups is 1. The van der Waals surface area contributed by atoms with Crippen LogP contribution in [0.5, 0.6) is 0 Å². The van der Waals surface area contributed by atoms with Gasteiger partial charge in [-0.15, -0.1) is 0 Å². The van der Waals surface area contributed by atoms with E-state index in [0.29, 0.717) is 11.9 Å². The van der Waals surface area contributed by atoms with Gasteiger partial charge in [-0.2, -0.15) is 10.1 Å². The molecule has 5 heteroatoms. The van der Waals surface area contributed by atoms with Crippen LogP contribution in [0.2, 0.25) is 0 Å². The van der Waals surface area contributed by atoms with E-state index in [1.54, 1.807) is 11.6 Å². The summed E-state index contributed by atoms with van der Waals surface area (Å²) in [4.78, 5) is 16.4. The molecule has 1 aliphatic heterocycles. The van der Waals surface area contributed by atoms with E-state index in [0.717, 1.165) is 16.8 Å². The molecule has 0 amide bonds. The third-order valence-corrected chi connectivity index (χ3v) is 4.09. The molecule has 0 radical (unpaired) electrons. The van der Waals surface area contributed by atoms with Crippen molar-refractivity contribution >= 4 is 11.7 Å². The van der Waals surface area contributed by atoms with Crippen molar-refractivity contribution < 1.29 is 4.79 Å². The second-order valence-electron chi connectivity index (χ2n) is 5.97. The first kappa shape index (κ1) is 14.5. The van der Waals surface area contributed by atoms with E-state index in [1.165, 1.54) is 11.9 Å². The van der Waals surface area contributed by atoms with Crippen LogP contribution in [-0.2, 0) is 4.79 Å². The molecule has 0 fully saturated rings. The smallest absolute Gasteiger partial charge is 0.226 e. The molecular formula is C17H20N4O. The average Bonchev–Trinajstić information content (AvgIpc) is 2.93. The average molecular weight is 296 g/mol. The fourth-order valence-corrected chi connectivity index (χ4v) is 2.92. The van der Waals surface area contributed by atoms with Gasteiger partial charge in [0.25, 0.3) is 0 Å². The molecule has 5 nitrogen and oxygen atoms in total. The van der Waals surface area contributed by atoms with Gasteiger partial charge in [-0.25, -0.2) is 4.68 Å². The minimum Gasteiger partial charge on any atom is -0.328 e. The summed E-state index contributed by atoms with van der Waals surface area (Å²) in [5.74, 6) is 1.19. The Morgan fingerprint density at radius 2 is 1.95 bits per heavy atom. The highest BCUT2D eigenvalue weighted by atomic mass is 16.1. The Bertz CT molecular complexity index is 740. The highest BCUT2D eigenvalue weighted by Crippen LogP contribution is 2.35. The predicted molar refractivity (Wildman–Crippen MR) is 85.7 cm³/mol. The first-order chi connectivity index (χ1) is 10.5. The molecule has 1 aliphatic rings. The Hall–Kier alpha value is -2.43. The van der Waals surface area contributed by atoms with E-state index in [2.05, 4.69) is 53.5 Å². The zero-order valence-corrected chi connectivity index (χ0v) is 13.3. The van der Waals surface area contributed by atoms with Gasteiger partial charge in [0.05, 0.1) is 0 Å². The topological polar surface area (TPSA) is 59.8 Å². The summed E-state index contributed by atoms with van der Waals surface area (Å²) in [5.41, 5.74) is 3.89. The Labute approximate surface area is 130 Å². The summed E-state index contributed by atoms with van der Waals surface area (Å²) in [6.45, 7) is 7.84. The number of allylic oxidation sites excluding steroid dienone is 2. The van der Waals surface area contributed by atoms with Crippen LogP contribution in [0.15, 0.2) is 41.9 Å². The van der Waals surface area contributed by atoms with Crippen LogP contribution in [0.1, 0.15) is 50.8 Å². The molecule has 22 heavy (non-hydrogen) atoms. The lowest BCUT2D eigenvalue weighted by Crippen LogP contribution is -2.27. The van der Waals surface area contributed by atoms with Crippen molar-refractivity contribution in [1.82, 2.24) is 14.8 Å². The lowest BCUT2D eigenvalue weighted by Gasteiger charge is -2.28. The zero-order chi connectivity index (χ0) is 15.9. The summed E-state index contributed by atoms with van der Waals surface area (Å²) in [6.07, 6.45) is 1.51. The first-order valence-electron chi connectivity index (χ1n) is 7.47. The minimum absolute atomic E-state index is 0.0455. The Balaban J connectivity index is 2.12. The zero-order valence-electron chi connectivity index (χ0n) is 13.3. The van der Waals surface area contributed by atoms with Crippen molar-refractivity contribution in [1.29, 1.82) is 0 Å². The maximum atomic E-state index is 12.1. The van der Waals surface area contributed by atoms with Gasteiger partial charge in [-0.1, -0.05) is 38.1 Å². The number of hydrogen-bond donors (Lipinski definition) is 1. The van der Waals surface area contributed by atoms with Crippen molar-refractivity contribution in [2.24, 2.45) is 0 Å². The normalized spacial score (nSPS) is 17.4. The number of anilines is 1. The summed E-state index contributed by atoms with van der Waals surface area (Å²) in [6, 6.07) is 8.16. The Morgan fingerprint density at radius 3 is 2.55 bits per heavy atom. The number of rotatable bonds is 3. The number of carbonyl (C=O) groups excluding carboxylic acids is 1. The number of benzene rings is 1. The molecule has 0 unspecified atom stereocenters. The molecule has 2 aromatic rings. The predicted octanol–water partition coefficient (Wildman–Crippen LogP) is 3.28. The van der Waals surface area contributed by atoms with Crippen molar-refractivity contribution in [2.75, 3.05) is 5.32 Å². The van der Waals surface area contributed by atoms with E-state index in [-0.39, 0.29) is 11.8 Å². The number of fused-ring (bicyclic) bond motifs is 1. The summed E-state index contributed by atoms with van der Waals surface area (Å²) >= 11 is 0. The van der Waals surface area contributed by atoms with Gasteiger partial charge < -0.3 is 5.32 Å². The molecule has 1 aromatic heterocycles. The summed E-state index contributed by atoms with van der Waals surface area (Å²) in [5, 5.41) is 7.44. The molecule has 0 bridgehead atoms. The maximum Gasteiger partial charge on any atom is 0.226 e. The quantitative estimate of drug-likeness (QED) is 0.944. The van der Waals surface area contributed by atoms with Crippen molar-refractivity contribution in [3.63, 3.8) is 0 Å². The van der Waals surface area contributed by atoms with Gasteiger partial charge in [-0.3, -0.25) is 4.79 Å². The highest BCUT2D eigenvalue weighted by molar-refractivity contribution is 5.96. The van der Waals surface area contributed by atoms with Gasteiger partial charge in [0, 0.05) is 11.3 Å². The third kappa shape index (κ3) is 2.32. The standard InChI is InChI=1S/C17H20N4O/c1-10(2)13-5-7-14(8-6-13)16-15(12(4)22)11(3)20-17-18-9-19-21(16)17/h5-10,16H,1-4H3,(H,18,19,20)/t16-/m1/s1. The van der Waals surface area contributed by atoms with Crippen LogP contribution in [0, 0.1) is 0 Å². The number of nitrogens with zero attached hydrogens (tertiary/aromatic N) is 3. The maximum absolute atomic E-state index is 12.1. The van der Waals surface area contributed by atoms with E-state index in [9.17, 15) is 4.79 Å². The van der Waals surface area contributed by atoms with Crippen LogP contribution in [0.25, 0.3) is 0 Å². The van der Waals surface area contributed by atoms with Gasteiger partial charge in [0.15, 0.2) is 5.78 Å². The van der Waals surface area contributed by atoms with Crippen molar-refractivity contribution in [3.8, 4) is 0 Å². The second-order valence-corrected chi connectivity index (χ2v) is 5.97. The minimum atomic E-state index is -0.225. The van der Waals surface area contributed by atoms with Crippen LogP contribution < -0.4 is 5.32 Å². The van der Waals surface area contributed by atoms with E-state index in [4.69, 9.17) is 0 Å². The summed E-state index contributed by atoms with van der Waals surface area (Å²) < 4.78 is 1.77. The molecular weight excluding hydrogens is 276 g/mol. The monoisotopic (exact) mass is 296 g/mol. The Morgan fingerprint density at radius 1 is 1.27 bits per heavy atom.